The van der Waals surface area contributed by atoms with E-state index in [0.717, 1.165) is 13.1 Å². The van der Waals surface area contributed by atoms with E-state index in [-0.39, 0.29) is 22.4 Å². The molecule has 6 heteroatoms. The van der Waals surface area contributed by atoms with Gasteiger partial charge in [-0.1, -0.05) is 47.1 Å². The third-order valence-corrected chi connectivity index (χ3v) is 9.27. The van der Waals surface area contributed by atoms with Crippen LogP contribution in [0.1, 0.15) is 39.5 Å². The van der Waals surface area contributed by atoms with Crippen molar-refractivity contribution in [3.63, 3.8) is 0 Å². The number of rotatable bonds is 5. The molecule has 2 N–H and O–H groups in total. The number of thiocarbonyl (C=S) groups is 1. The van der Waals surface area contributed by atoms with Crippen molar-refractivity contribution >= 4 is 47.7 Å². The van der Waals surface area contributed by atoms with E-state index in [1.165, 1.54) is 36.3 Å². The van der Waals surface area contributed by atoms with Crippen LogP contribution in [0.15, 0.2) is 60.7 Å². The van der Waals surface area contributed by atoms with Crippen LogP contribution in [0.25, 0.3) is 0 Å². The predicted octanol–water partition coefficient (Wildman–Crippen LogP) is 4.28. The Balaban J connectivity index is 0.000000403. The molecule has 2 aromatic rings. The van der Waals surface area contributed by atoms with E-state index < -0.39 is 7.92 Å². The summed E-state index contributed by atoms with van der Waals surface area (Å²) in [4.78, 5) is 1.96. The summed E-state index contributed by atoms with van der Waals surface area (Å²) < 4.78 is 0.579. The molecule has 0 spiro atoms. The van der Waals surface area contributed by atoms with Gasteiger partial charge in [0, 0.05) is 19.1 Å². The van der Waals surface area contributed by atoms with Crippen molar-refractivity contribution in [2.45, 2.75) is 51.2 Å². The van der Waals surface area contributed by atoms with Crippen molar-refractivity contribution in [3.05, 3.63) is 60.7 Å². The van der Waals surface area contributed by atoms with Crippen molar-refractivity contribution in [2.75, 3.05) is 13.1 Å². The van der Waals surface area contributed by atoms with Crippen LogP contribution in [-0.4, -0.2) is 34.0 Å². The zero-order valence-electron chi connectivity index (χ0n) is 17.3. The molecule has 0 bridgehead atoms. The van der Waals surface area contributed by atoms with Crippen LogP contribution in [0.2, 0.25) is 0 Å². The van der Waals surface area contributed by atoms with Gasteiger partial charge in [0.05, 0.1) is 24.2 Å². The van der Waals surface area contributed by atoms with Crippen LogP contribution in [0.5, 0.6) is 0 Å². The molecule has 1 saturated carbocycles. The number of hydrogen-bond acceptors (Lipinski definition) is 3. The number of nitrogens with zero attached hydrogens (tertiary/aromatic N) is 1. The van der Waals surface area contributed by atoms with Crippen molar-refractivity contribution in [3.8, 4) is 0 Å². The second-order valence-corrected chi connectivity index (χ2v) is 10.9. The Morgan fingerprint density at radius 3 is 1.76 bits per heavy atom. The smallest absolute Gasteiger partial charge is 0.411 e. The van der Waals surface area contributed by atoms with Gasteiger partial charge in [0.2, 0.25) is 0 Å². The van der Waals surface area contributed by atoms with Gasteiger partial charge >= 0.3 is 22.4 Å². The van der Waals surface area contributed by atoms with E-state index >= 15 is 0 Å². The Labute approximate surface area is 204 Å². The van der Waals surface area contributed by atoms with Gasteiger partial charge in [-0.05, 0) is 57.4 Å². The Bertz CT molecular complexity index is 659. The minimum atomic E-state index is -0.774. The maximum atomic E-state index is 6.48. The van der Waals surface area contributed by atoms with Crippen LogP contribution >= 0.6 is 20.1 Å². The number of hydrogen-bond donors (Lipinski definition) is 1. The van der Waals surface area contributed by atoms with E-state index in [9.17, 15) is 0 Å². The Morgan fingerprint density at radius 2 is 1.41 bits per heavy atom. The molecule has 162 valence electrons. The first-order valence-corrected chi connectivity index (χ1v) is 12.7. The monoisotopic (exact) mass is 629 g/mol. The first-order valence-electron chi connectivity index (χ1n) is 10.3. The fourth-order valence-electron chi connectivity index (χ4n) is 3.83. The molecule has 2 aromatic carbocycles. The van der Waals surface area contributed by atoms with Gasteiger partial charge in [0.25, 0.3) is 0 Å². The molecule has 0 radical (unpaired) electrons. The molecule has 0 saturated heterocycles. The first-order chi connectivity index (χ1) is 13.6. The quantitative estimate of drug-likeness (QED) is 0.232. The normalized spacial score (nSPS) is 18.2. The Morgan fingerprint density at radius 1 is 0.966 bits per heavy atom. The zero-order valence-corrected chi connectivity index (χ0v) is 22.1. The molecule has 0 unspecified atom stereocenters. The maximum Gasteiger partial charge on any atom is 1.00 e. The van der Waals surface area contributed by atoms with Crippen molar-refractivity contribution in [2.24, 2.45) is 5.73 Å². The number of benzene rings is 2. The van der Waals surface area contributed by atoms with Crippen LogP contribution in [0, 0.1) is 0 Å². The molecule has 0 aliphatic heterocycles. The molecule has 0 aromatic heterocycles. The van der Waals surface area contributed by atoms with Gasteiger partial charge in [-0.3, -0.25) is 0 Å². The maximum absolute atomic E-state index is 6.48. The minimum absolute atomic E-state index is 0. The Hall–Kier alpha value is -0.320. The fraction of sp³-hybridized carbons (Fsp3) is 0.435. The SMILES string of the molecule is CCN(CC)C(=S)[S-].N[C@H]1CCCC[C@@H]1[PH+](c1ccccc1)c1ccccc1.[Au+]. The molecule has 0 heterocycles. The number of nitrogens with two attached hydrogens (primary N) is 1. The van der Waals surface area contributed by atoms with Gasteiger partial charge < -0.3 is 35.5 Å². The summed E-state index contributed by atoms with van der Waals surface area (Å²) >= 11 is 9.51. The first kappa shape index (κ1) is 26.7. The van der Waals surface area contributed by atoms with Crippen LogP contribution in [-0.2, 0) is 35.0 Å². The van der Waals surface area contributed by atoms with Gasteiger partial charge in [-0.15, -0.1) is 0 Å². The summed E-state index contributed by atoms with van der Waals surface area (Å²) in [6.45, 7) is 5.95. The van der Waals surface area contributed by atoms with Gasteiger partial charge in [0.15, 0.2) is 0 Å². The topological polar surface area (TPSA) is 29.3 Å². The molecule has 0 amide bonds. The predicted molar refractivity (Wildman–Crippen MR) is 134 cm³/mol. The second-order valence-electron chi connectivity index (χ2n) is 7.14. The van der Waals surface area contributed by atoms with Gasteiger partial charge in [-0.2, -0.15) is 0 Å². The summed E-state index contributed by atoms with van der Waals surface area (Å²) in [6.07, 6.45) is 5.13. The molecule has 29 heavy (non-hydrogen) atoms. The third kappa shape index (κ3) is 8.38. The van der Waals surface area contributed by atoms with Crippen LogP contribution in [0.3, 0.4) is 0 Å². The largest absolute Gasteiger partial charge is 1.00 e. The van der Waals surface area contributed by atoms with Crippen molar-refractivity contribution in [1.82, 2.24) is 4.90 Å². The van der Waals surface area contributed by atoms with E-state index in [1.54, 1.807) is 0 Å². The molecule has 2 atom stereocenters. The average molecular weight is 630 g/mol. The second kappa shape index (κ2) is 14.6. The third-order valence-electron chi connectivity index (χ3n) is 5.38. The van der Waals surface area contributed by atoms with E-state index in [4.69, 9.17) is 30.6 Å². The van der Waals surface area contributed by atoms with Crippen molar-refractivity contribution in [1.29, 1.82) is 0 Å². The average Bonchev–Trinajstić information content (AvgIpc) is 2.72. The molecular formula is C23H33AuN2PS2+. The van der Waals surface area contributed by atoms with Gasteiger partial charge in [0.1, 0.15) is 0 Å². The molecule has 1 fully saturated rings. The molecule has 2 nitrogen and oxygen atoms in total. The molecule has 3 rings (SSSR count). The van der Waals surface area contributed by atoms with Crippen molar-refractivity contribution < 1.29 is 22.4 Å². The zero-order chi connectivity index (χ0) is 20.4. The molecular weight excluding hydrogens is 596 g/mol. The summed E-state index contributed by atoms with van der Waals surface area (Å²) in [5.41, 5.74) is 7.15. The van der Waals surface area contributed by atoms with Crippen LogP contribution < -0.4 is 16.3 Å². The minimum Gasteiger partial charge on any atom is -0.411 e. The summed E-state index contributed by atoms with van der Waals surface area (Å²) in [5.74, 6) is 0. The summed E-state index contributed by atoms with van der Waals surface area (Å²) in [5, 5.41) is 3.01. The van der Waals surface area contributed by atoms with E-state index in [2.05, 4.69) is 60.7 Å². The standard InChI is InChI=1S/C18H22NP.C5H11NS2.Au/c19-17-13-7-8-14-18(17)20(15-9-3-1-4-10-15)16-11-5-2-6-12-16;1-3-6(4-2)5(7)8;/h1-6,9-12,17-18H,7-8,13-14,19H2;3-4H2,1-2H3,(H,7,8);/q;;+1/t17-,18-;;/m0../s1. The van der Waals surface area contributed by atoms with Gasteiger partial charge in [-0.25, -0.2) is 0 Å². The Kier molecular flexibility index (Phi) is 13.5. The molecule has 1 aliphatic rings. The molecule has 1 aliphatic carbocycles. The van der Waals surface area contributed by atoms with E-state index in [0.29, 0.717) is 16.0 Å². The summed E-state index contributed by atoms with van der Waals surface area (Å²) in [6, 6.07) is 22.4. The van der Waals surface area contributed by atoms with E-state index in [1.807, 2.05) is 18.7 Å². The fourth-order valence-corrected chi connectivity index (χ4v) is 7.73. The summed E-state index contributed by atoms with van der Waals surface area (Å²) in [7, 11) is -0.774. The van der Waals surface area contributed by atoms with Crippen LogP contribution in [0.4, 0.5) is 0 Å².